The number of hydrogen-bond acceptors (Lipinski definition) is 10. The summed E-state index contributed by atoms with van der Waals surface area (Å²) in [7, 11) is 1.35. The Morgan fingerprint density at radius 3 is 1.51 bits per heavy atom. The van der Waals surface area contributed by atoms with Crippen LogP contribution in [0, 0.1) is 17.3 Å². The predicted molar refractivity (Wildman–Crippen MR) is 217 cm³/mol. The SMILES string of the molecule is CC(=O)OC(C)(C)CC(C)C.CC(C)OC(=O)C(C)(C)C.CC(C)OCc1cccnc1.CCC(O)(CC)CC(C)C.COC(=O)C(C)(C)OC(C)C. The molecule has 53 heavy (non-hydrogen) atoms. The highest BCUT2D eigenvalue weighted by atomic mass is 16.6. The quantitative estimate of drug-likeness (QED) is 0.144. The van der Waals surface area contributed by atoms with Gasteiger partial charge in [0.2, 0.25) is 0 Å². The fraction of sp³-hybridized carbons (Fsp3) is 0.814. The molecule has 0 radical (unpaired) electrons. The van der Waals surface area contributed by atoms with E-state index in [1.54, 1.807) is 20.0 Å². The molecule has 0 atom stereocenters. The monoisotopic (exact) mass is 758 g/mol. The molecule has 10 heteroatoms. The van der Waals surface area contributed by atoms with Crippen molar-refractivity contribution in [2.45, 2.75) is 206 Å². The van der Waals surface area contributed by atoms with Crippen molar-refractivity contribution < 1.29 is 43.2 Å². The third-order valence-corrected chi connectivity index (χ3v) is 6.89. The van der Waals surface area contributed by atoms with Gasteiger partial charge in [0.25, 0.3) is 0 Å². The van der Waals surface area contributed by atoms with E-state index < -0.39 is 11.2 Å². The second kappa shape index (κ2) is 28.8. The number of carbonyl (C=O) groups is 3. The van der Waals surface area contributed by atoms with Crippen LogP contribution in [0.5, 0.6) is 0 Å². The van der Waals surface area contributed by atoms with Gasteiger partial charge in [0, 0.05) is 19.3 Å². The molecule has 0 aliphatic heterocycles. The lowest BCUT2D eigenvalue weighted by Crippen LogP contribution is -2.38. The van der Waals surface area contributed by atoms with Crippen LogP contribution in [0.2, 0.25) is 0 Å². The highest BCUT2D eigenvalue weighted by molar-refractivity contribution is 5.78. The van der Waals surface area contributed by atoms with Gasteiger partial charge in [-0.3, -0.25) is 14.6 Å². The van der Waals surface area contributed by atoms with Crippen LogP contribution in [-0.2, 0) is 44.7 Å². The van der Waals surface area contributed by atoms with Crippen LogP contribution in [0.4, 0.5) is 0 Å². The predicted octanol–water partition coefficient (Wildman–Crippen LogP) is 10.3. The number of methoxy groups -OCH3 is 1. The molecule has 10 nitrogen and oxygen atoms in total. The smallest absolute Gasteiger partial charge is 0.337 e. The minimum Gasteiger partial charge on any atom is -0.467 e. The molecule has 0 saturated carbocycles. The number of aliphatic hydroxyl groups is 1. The average Bonchev–Trinajstić information content (AvgIpc) is 2.98. The summed E-state index contributed by atoms with van der Waals surface area (Å²) >= 11 is 0. The second-order valence-corrected chi connectivity index (χ2v) is 17.1. The van der Waals surface area contributed by atoms with Crippen molar-refractivity contribution in [3.05, 3.63) is 30.1 Å². The molecular formula is C43H83NO9. The topological polar surface area (TPSA) is 130 Å². The Kier molecular flexibility index (Phi) is 31.1. The number of pyridine rings is 1. The van der Waals surface area contributed by atoms with Gasteiger partial charge >= 0.3 is 17.9 Å². The Balaban J connectivity index is -0.000000283. The van der Waals surface area contributed by atoms with Gasteiger partial charge in [-0.05, 0) is 139 Å². The minimum atomic E-state index is -0.830. The number of rotatable bonds is 14. The summed E-state index contributed by atoms with van der Waals surface area (Å²) in [6.45, 7) is 39.0. The zero-order chi connectivity index (χ0) is 42.8. The summed E-state index contributed by atoms with van der Waals surface area (Å²) in [4.78, 5) is 36.7. The Bertz CT molecular complexity index is 1070. The third kappa shape index (κ3) is 37.5. The lowest BCUT2D eigenvalue weighted by molar-refractivity contribution is -0.169. The zero-order valence-corrected chi connectivity index (χ0v) is 37.9. The van der Waals surface area contributed by atoms with E-state index in [0.717, 1.165) is 31.2 Å². The van der Waals surface area contributed by atoms with Crippen molar-refractivity contribution in [2.75, 3.05) is 7.11 Å². The molecule has 1 aromatic rings. The molecule has 0 amide bonds. The standard InChI is InChI=1S/C9H13NO.C9H18O2.C9H20O.C8H16O3.C8H16O2/c1-8(2)11-7-9-4-3-5-10-6-9;1-7(2)6-9(4,5)11-8(3)10;1-5-9(10,6-2)7-8(3)4;1-6(2)11-8(3,4)7(9)10-5;1-6(2)10-7(9)8(3,4)5/h3-6,8H,7H2,1-2H3;7H,6H2,1-5H3;8,10H,5-7H2,1-4H3;6H,1-5H3;6H,1-5H3. The molecule has 0 fully saturated rings. The highest BCUT2D eigenvalue weighted by Crippen LogP contribution is 2.23. The van der Waals surface area contributed by atoms with Crippen molar-refractivity contribution >= 4 is 17.9 Å². The van der Waals surface area contributed by atoms with Crippen LogP contribution in [-0.4, -0.2) is 70.2 Å². The van der Waals surface area contributed by atoms with Crippen molar-refractivity contribution in [2.24, 2.45) is 17.3 Å². The molecule has 0 saturated heterocycles. The Labute approximate surface area is 325 Å². The van der Waals surface area contributed by atoms with Crippen LogP contribution >= 0.6 is 0 Å². The number of carbonyl (C=O) groups excluding carboxylic acids is 3. The van der Waals surface area contributed by atoms with Crippen molar-refractivity contribution in [3.63, 3.8) is 0 Å². The number of nitrogens with zero attached hydrogens (tertiary/aromatic N) is 1. The average molecular weight is 758 g/mol. The molecule has 0 spiro atoms. The van der Waals surface area contributed by atoms with Gasteiger partial charge < -0.3 is 28.8 Å². The number of hydrogen-bond donors (Lipinski definition) is 1. The first-order chi connectivity index (χ1) is 23.9. The first-order valence-corrected chi connectivity index (χ1v) is 19.3. The molecule has 1 rings (SSSR count). The normalized spacial score (nSPS) is 11.7. The van der Waals surface area contributed by atoms with E-state index in [9.17, 15) is 19.5 Å². The van der Waals surface area contributed by atoms with E-state index in [0.29, 0.717) is 18.4 Å². The lowest BCUT2D eigenvalue weighted by atomic mass is 9.88. The van der Waals surface area contributed by atoms with Gasteiger partial charge in [-0.2, -0.15) is 0 Å². The van der Waals surface area contributed by atoms with Gasteiger partial charge in [0.15, 0.2) is 5.60 Å². The summed E-state index contributed by atoms with van der Waals surface area (Å²) in [6.07, 6.45) is 7.49. The number of esters is 3. The van der Waals surface area contributed by atoms with Crippen molar-refractivity contribution in [1.82, 2.24) is 4.98 Å². The Morgan fingerprint density at radius 1 is 0.755 bits per heavy atom. The zero-order valence-electron chi connectivity index (χ0n) is 37.9. The molecule has 1 N–H and O–H groups in total. The number of ether oxygens (including phenoxy) is 5. The van der Waals surface area contributed by atoms with Crippen molar-refractivity contribution in [1.29, 1.82) is 0 Å². The summed E-state index contributed by atoms with van der Waals surface area (Å²) < 4.78 is 25.3. The van der Waals surface area contributed by atoms with Crippen LogP contribution < -0.4 is 0 Å². The molecular weight excluding hydrogens is 674 g/mol. The fourth-order valence-electron chi connectivity index (χ4n) is 4.73. The fourth-order valence-corrected chi connectivity index (χ4v) is 4.73. The van der Waals surface area contributed by atoms with Crippen LogP contribution in [0.15, 0.2) is 24.5 Å². The van der Waals surface area contributed by atoms with Crippen LogP contribution in [0.25, 0.3) is 0 Å². The van der Waals surface area contributed by atoms with Gasteiger partial charge in [-0.25, -0.2) is 4.79 Å². The van der Waals surface area contributed by atoms with E-state index in [-0.39, 0.29) is 47.2 Å². The van der Waals surface area contributed by atoms with E-state index >= 15 is 0 Å². The minimum absolute atomic E-state index is 0.00766. The maximum Gasteiger partial charge on any atom is 0.337 e. The molecule has 0 aliphatic rings. The molecule has 1 aromatic heterocycles. The molecule has 0 aromatic carbocycles. The maximum absolute atomic E-state index is 11.1. The Hall–Kier alpha value is -2.56. The van der Waals surface area contributed by atoms with E-state index in [1.807, 2.05) is 108 Å². The molecule has 1 heterocycles. The summed E-state index contributed by atoms with van der Waals surface area (Å²) in [5.74, 6) is 0.485. The summed E-state index contributed by atoms with van der Waals surface area (Å²) in [5, 5.41) is 9.80. The van der Waals surface area contributed by atoms with Crippen LogP contribution in [0.1, 0.15) is 170 Å². The number of aromatic nitrogens is 1. The van der Waals surface area contributed by atoms with E-state index in [2.05, 4.69) is 37.4 Å². The van der Waals surface area contributed by atoms with Crippen molar-refractivity contribution in [3.8, 4) is 0 Å². The maximum atomic E-state index is 11.1. The summed E-state index contributed by atoms with van der Waals surface area (Å²) in [6, 6.07) is 3.92. The van der Waals surface area contributed by atoms with E-state index in [1.165, 1.54) is 14.0 Å². The lowest BCUT2D eigenvalue weighted by Gasteiger charge is -2.26. The Morgan fingerprint density at radius 2 is 1.25 bits per heavy atom. The second-order valence-electron chi connectivity index (χ2n) is 17.1. The van der Waals surface area contributed by atoms with Crippen LogP contribution in [0.3, 0.4) is 0 Å². The van der Waals surface area contributed by atoms with Gasteiger partial charge in [-0.15, -0.1) is 0 Å². The largest absolute Gasteiger partial charge is 0.467 e. The first kappa shape index (κ1) is 57.2. The van der Waals surface area contributed by atoms with Gasteiger partial charge in [0.05, 0.1) is 43.0 Å². The van der Waals surface area contributed by atoms with Gasteiger partial charge in [-0.1, -0.05) is 47.6 Å². The molecule has 0 unspecified atom stereocenters. The van der Waals surface area contributed by atoms with Gasteiger partial charge in [0.1, 0.15) is 5.60 Å². The third-order valence-electron chi connectivity index (χ3n) is 6.89. The molecule has 0 aliphatic carbocycles. The highest BCUT2D eigenvalue weighted by Gasteiger charge is 2.30. The molecule has 0 bridgehead atoms. The molecule has 314 valence electrons. The van der Waals surface area contributed by atoms with E-state index in [4.69, 9.17) is 18.9 Å². The summed E-state index contributed by atoms with van der Waals surface area (Å²) in [5.41, 5.74) is -0.775. The first-order valence-electron chi connectivity index (χ1n) is 19.3.